The Morgan fingerprint density at radius 3 is 3.11 bits per heavy atom. The number of aromatic nitrogens is 4. The highest BCUT2D eigenvalue weighted by atomic mass is 32.2. The number of rotatable bonds is 3. The molecule has 2 heterocycles. The molecule has 0 spiro atoms. The molecule has 1 saturated heterocycles. The summed E-state index contributed by atoms with van der Waals surface area (Å²) in [4.78, 5) is 0. The van der Waals surface area contributed by atoms with E-state index in [1.54, 1.807) is 11.0 Å². The first-order valence-corrected chi connectivity index (χ1v) is 7.67. The summed E-state index contributed by atoms with van der Waals surface area (Å²) in [7, 11) is 0. The van der Waals surface area contributed by atoms with E-state index in [2.05, 4.69) is 46.0 Å². The van der Waals surface area contributed by atoms with E-state index in [-0.39, 0.29) is 0 Å². The van der Waals surface area contributed by atoms with E-state index in [1.807, 2.05) is 11.8 Å². The van der Waals surface area contributed by atoms with Gasteiger partial charge in [-0.1, -0.05) is 6.07 Å². The second kappa shape index (κ2) is 5.61. The first-order valence-electron chi connectivity index (χ1n) is 6.51. The van der Waals surface area contributed by atoms with Gasteiger partial charge in [-0.15, -0.1) is 5.10 Å². The van der Waals surface area contributed by atoms with Gasteiger partial charge in [0.15, 0.2) is 0 Å². The Balaban J connectivity index is 1.81. The lowest BCUT2D eigenvalue weighted by molar-refractivity contribution is 0.685. The Morgan fingerprint density at radius 1 is 1.42 bits per heavy atom. The van der Waals surface area contributed by atoms with Crippen molar-refractivity contribution in [3.8, 4) is 5.69 Å². The molecule has 1 unspecified atom stereocenters. The average Bonchev–Trinajstić information content (AvgIpc) is 2.96. The smallest absolute Gasteiger partial charge is 0.143 e. The van der Waals surface area contributed by atoms with Gasteiger partial charge in [0.25, 0.3) is 0 Å². The van der Waals surface area contributed by atoms with Gasteiger partial charge in [-0.25, -0.2) is 4.68 Å². The first-order chi connectivity index (χ1) is 9.33. The van der Waals surface area contributed by atoms with Crippen LogP contribution in [0, 0.1) is 6.92 Å². The van der Waals surface area contributed by atoms with E-state index in [9.17, 15) is 0 Å². The molecular formula is C13H17N5S. The summed E-state index contributed by atoms with van der Waals surface area (Å²) < 4.78 is 1.70. The molecule has 1 aromatic heterocycles. The van der Waals surface area contributed by atoms with Crippen molar-refractivity contribution < 1.29 is 0 Å². The average molecular weight is 275 g/mol. The van der Waals surface area contributed by atoms with Crippen molar-refractivity contribution in [1.82, 2.24) is 20.2 Å². The number of tetrazole rings is 1. The second-order valence-corrected chi connectivity index (χ2v) is 5.96. The molecule has 1 N–H and O–H groups in total. The lowest BCUT2D eigenvalue weighted by Crippen LogP contribution is -2.25. The molecule has 0 aliphatic carbocycles. The minimum absolute atomic E-state index is 0.572. The zero-order valence-electron chi connectivity index (χ0n) is 10.9. The molecular weight excluding hydrogens is 258 g/mol. The molecule has 100 valence electrons. The van der Waals surface area contributed by atoms with E-state index in [0.717, 1.165) is 16.9 Å². The van der Waals surface area contributed by atoms with Crippen molar-refractivity contribution in [2.45, 2.75) is 25.8 Å². The highest BCUT2D eigenvalue weighted by Crippen LogP contribution is 2.23. The van der Waals surface area contributed by atoms with Crippen LogP contribution in [0.25, 0.3) is 5.69 Å². The maximum atomic E-state index is 3.96. The van der Waals surface area contributed by atoms with Crippen LogP contribution in [0.4, 0.5) is 5.69 Å². The van der Waals surface area contributed by atoms with Crippen LogP contribution in [0.2, 0.25) is 0 Å². The van der Waals surface area contributed by atoms with Gasteiger partial charge >= 0.3 is 0 Å². The summed E-state index contributed by atoms with van der Waals surface area (Å²) in [6, 6.07) is 6.92. The number of nitrogens with one attached hydrogen (secondary N) is 1. The molecule has 0 amide bonds. The number of thioether (sulfide) groups is 1. The van der Waals surface area contributed by atoms with Gasteiger partial charge in [0.1, 0.15) is 6.33 Å². The van der Waals surface area contributed by atoms with Crippen LogP contribution in [-0.2, 0) is 0 Å². The summed E-state index contributed by atoms with van der Waals surface area (Å²) >= 11 is 2.03. The van der Waals surface area contributed by atoms with Crippen LogP contribution >= 0.6 is 11.8 Å². The van der Waals surface area contributed by atoms with Crippen molar-refractivity contribution >= 4 is 17.4 Å². The molecule has 1 aliphatic heterocycles. The third-order valence-corrected chi connectivity index (χ3v) is 4.55. The first kappa shape index (κ1) is 12.5. The van der Waals surface area contributed by atoms with Crippen LogP contribution in [0.5, 0.6) is 0 Å². The van der Waals surface area contributed by atoms with Gasteiger partial charge in [-0.05, 0) is 53.6 Å². The summed E-state index contributed by atoms with van der Waals surface area (Å²) in [5.74, 6) is 2.48. The Morgan fingerprint density at radius 2 is 2.37 bits per heavy atom. The Bertz CT molecular complexity index is 534. The minimum atomic E-state index is 0.572. The second-order valence-electron chi connectivity index (χ2n) is 4.81. The standard InChI is InChI=1S/C13H17N5S/c1-10-4-5-11(15-12-3-2-6-19-8-12)7-13(10)18-9-14-16-17-18/h4-5,7,9,12,15H,2-3,6,8H2,1H3. The third kappa shape index (κ3) is 2.89. The van der Waals surface area contributed by atoms with E-state index < -0.39 is 0 Å². The van der Waals surface area contributed by atoms with Crippen LogP contribution in [0.3, 0.4) is 0 Å². The molecule has 1 aromatic carbocycles. The van der Waals surface area contributed by atoms with E-state index in [0.29, 0.717) is 6.04 Å². The van der Waals surface area contributed by atoms with E-state index in [1.165, 1.54) is 24.3 Å². The molecule has 0 bridgehead atoms. The van der Waals surface area contributed by atoms with Crippen LogP contribution in [0.1, 0.15) is 18.4 Å². The van der Waals surface area contributed by atoms with Crippen LogP contribution in [0.15, 0.2) is 24.5 Å². The predicted molar refractivity (Wildman–Crippen MR) is 77.9 cm³/mol. The van der Waals surface area contributed by atoms with Crippen molar-refractivity contribution in [1.29, 1.82) is 0 Å². The van der Waals surface area contributed by atoms with Gasteiger partial charge in [0.05, 0.1) is 5.69 Å². The van der Waals surface area contributed by atoms with E-state index in [4.69, 9.17) is 0 Å². The lowest BCUT2D eigenvalue weighted by atomic mass is 10.1. The van der Waals surface area contributed by atoms with Crippen molar-refractivity contribution in [2.75, 3.05) is 16.8 Å². The largest absolute Gasteiger partial charge is 0.381 e. The highest BCUT2D eigenvalue weighted by molar-refractivity contribution is 7.99. The number of aryl methyl sites for hydroxylation is 1. The fourth-order valence-electron chi connectivity index (χ4n) is 2.31. The van der Waals surface area contributed by atoms with Crippen molar-refractivity contribution in [2.24, 2.45) is 0 Å². The van der Waals surface area contributed by atoms with Gasteiger partial charge in [0, 0.05) is 17.5 Å². The Hall–Kier alpha value is -1.56. The zero-order chi connectivity index (χ0) is 13.1. The summed E-state index contributed by atoms with van der Waals surface area (Å²) in [6.07, 6.45) is 4.18. The fraction of sp³-hybridized carbons (Fsp3) is 0.462. The number of benzene rings is 1. The molecule has 0 saturated carbocycles. The van der Waals surface area contributed by atoms with Crippen LogP contribution < -0.4 is 5.32 Å². The molecule has 1 atom stereocenters. The summed E-state index contributed by atoms with van der Waals surface area (Å²) in [6.45, 7) is 2.07. The topological polar surface area (TPSA) is 55.6 Å². The molecule has 2 aromatic rings. The molecule has 1 aliphatic rings. The highest BCUT2D eigenvalue weighted by Gasteiger charge is 2.14. The van der Waals surface area contributed by atoms with Crippen LogP contribution in [-0.4, -0.2) is 37.8 Å². The molecule has 0 radical (unpaired) electrons. The lowest BCUT2D eigenvalue weighted by Gasteiger charge is -2.24. The summed E-state index contributed by atoms with van der Waals surface area (Å²) in [5, 5.41) is 15.0. The Kier molecular flexibility index (Phi) is 3.68. The van der Waals surface area contributed by atoms with Crippen molar-refractivity contribution in [3.05, 3.63) is 30.1 Å². The number of hydrogen-bond donors (Lipinski definition) is 1. The quantitative estimate of drug-likeness (QED) is 0.931. The number of hydrogen-bond acceptors (Lipinski definition) is 5. The van der Waals surface area contributed by atoms with Gasteiger partial charge in [-0.2, -0.15) is 11.8 Å². The van der Waals surface area contributed by atoms with Gasteiger partial charge in [0.2, 0.25) is 0 Å². The maximum Gasteiger partial charge on any atom is 0.143 e. The summed E-state index contributed by atoms with van der Waals surface area (Å²) in [5.41, 5.74) is 3.33. The molecule has 1 fully saturated rings. The SMILES string of the molecule is Cc1ccc(NC2CCCSC2)cc1-n1cnnn1. The molecule has 19 heavy (non-hydrogen) atoms. The molecule has 5 nitrogen and oxygen atoms in total. The van der Waals surface area contributed by atoms with E-state index >= 15 is 0 Å². The monoisotopic (exact) mass is 275 g/mol. The van der Waals surface area contributed by atoms with Gasteiger partial charge < -0.3 is 5.32 Å². The predicted octanol–water partition coefficient (Wildman–Crippen LogP) is 2.28. The normalized spacial score (nSPS) is 19.3. The number of nitrogens with zero attached hydrogens (tertiary/aromatic N) is 4. The number of anilines is 1. The Labute approximate surface area is 116 Å². The van der Waals surface area contributed by atoms with Gasteiger partial charge in [-0.3, -0.25) is 0 Å². The van der Waals surface area contributed by atoms with Crippen molar-refractivity contribution in [3.63, 3.8) is 0 Å². The maximum absolute atomic E-state index is 3.96. The molecule has 3 rings (SSSR count). The third-order valence-electron chi connectivity index (χ3n) is 3.34. The zero-order valence-corrected chi connectivity index (χ0v) is 11.7. The fourth-order valence-corrected chi connectivity index (χ4v) is 3.38. The molecule has 6 heteroatoms. The minimum Gasteiger partial charge on any atom is -0.381 e.